The van der Waals surface area contributed by atoms with Crippen LogP contribution in [0.5, 0.6) is 0 Å². The summed E-state index contributed by atoms with van der Waals surface area (Å²) in [4.78, 5) is 14.5. The second kappa shape index (κ2) is 3.85. The first-order valence-corrected chi connectivity index (χ1v) is 5.02. The van der Waals surface area contributed by atoms with Gasteiger partial charge in [-0.2, -0.15) is 4.91 Å². The van der Waals surface area contributed by atoms with Crippen molar-refractivity contribution in [1.82, 2.24) is 5.32 Å². The Bertz CT molecular complexity index is 227. The van der Waals surface area contributed by atoms with Gasteiger partial charge in [-0.3, -0.25) is 4.99 Å². The highest BCUT2D eigenvalue weighted by molar-refractivity contribution is 5.84. The van der Waals surface area contributed by atoms with Crippen LogP contribution in [0.4, 0.5) is 0 Å². The minimum absolute atomic E-state index is 0.352. The van der Waals surface area contributed by atoms with Gasteiger partial charge in [0, 0.05) is 12.5 Å². The molecule has 0 saturated heterocycles. The zero-order valence-electron chi connectivity index (χ0n) is 7.70. The molecule has 1 N–H and O–H groups in total. The number of hydrogen-bond donors (Lipinski definition) is 1. The molecule has 2 aliphatic rings. The predicted molar refractivity (Wildman–Crippen MR) is 51.9 cm³/mol. The van der Waals surface area contributed by atoms with Gasteiger partial charge in [0.05, 0.1) is 18.4 Å². The number of nitrogens with zero attached hydrogens (tertiary/aromatic N) is 2. The molecule has 1 aliphatic heterocycles. The van der Waals surface area contributed by atoms with E-state index in [9.17, 15) is 4.91 Å². The molecule has 4 nitrogen and oxygen atoms in total. The molecule has 0 amide bonds. The molecule has 1 fully saturated rings. The van der Waals surface area contributed by atoms with Crippen LogP contribution >= 0.6 is 0 Å². The molecule has 4 heteroatoms. The van der Waals surface area contributed by atoms with E-state index in [0.29, 0.717) is 25.0 Å². The highest BCUT2D eigenvalue weighted by atomic mass is 16.3. The Morgan fingerprint density at radius 2 is 2.31 bits per heavy atom. The Morgan fingerprint density at radius 3 is 3.08 bits per heavy atom. The van der Waals surface area contributed by atoms with E-state index in [1.807, 2.05) is 0 Å². The van der Waals surface area contributed by atoms with Crippen molar-refractivity contribution in [3.8, 4) is 0 Å². The second-order valence-corrected chi connectivity index (χ2v) is 3.78. The highest BCUT2D eigenvalue weighted by Crippen LogP contribution is 2.24. The van der Waals surface area contributed by atoms with Gasteiger partial charge in [-0.1, -0.05) is 18.0 Å². The van der Waals surface area contributed by atoms with Crippen molar-refractivity contribution in [1.29, 1.82) is 0 Å². The van der Waals surface area contributed by atoms with Crippen molar-refractivity contribution in [2.45, 2.75) is 44.2 Å². The lowest BCUT2D eigenvalue weighted by molar-refractivity contribution is 0.384. The summed E-state index contributed by atoms with van der Waals surface area (Å²) in [5, 5.41) is 6.22. The number of hydrogen-bond acceptors (Lipinski definition) is 4. The van der Waals surface area contributed by atoms with Gasteiger partial charge in [0.1, 0.15) is 0 Å². The molecule has 0 radical (unpaired) electrons. The van der Waals surface area contributed by atoms with Gasteiger partial charge in [0.25, 0.3) is 0 Å². The number of fused-ring (bicyclic) bond motifs is 1. The summed E-state index contributed by atoms with van der Waals surface area (Å²) in [6, 6.07) is 1.03. The topological polar surface area (TPSA) is 53.8 Å². The average molecular weight is 181 g/mol. The Balaban J connectivity index is 1.89. The van der Waals surface area contributed by atoms with Gasteiger partial charge < -0.3 is 5.32 Å². The van der Waals surface area contributed by atoms with Crippen LogP contribution in [-0.2, 0) is 0 Å². The Kier molecular flexibility index (Phi) is 2.57. The van der Waals surface area contributed by atoms with Crippen LogP contribution in [0, 0.1) is 4.91 Å². The largest absolute Gasteiger partial charge is 0.369 e. The Labute approximate surface area is 77.8 Å². The van der Waals surface area contributed by atoms with Crippen LogP contribution < -0.4 is 5.32 Å². The number of nitroso groups, excluding NO2 is 1. The van der Waals surface area contributed by atoms with Crippen LogP contribution in [-0.4, -0.2) is 24.5 Å². The van der Waals surface area contributed by atoms with Gasteiger partial charge in [0.2, 0.25) is 0 Å². The standard InChI is InChI=1S/C9H15N3O/c13-10-6-5-9-11-7-3-1-2-4-8(7)12-9/h7-8H,1-6H2,(H,11,12). The smallest absolute Gasteiger partial charge is 0.0990 e. The molecule has 13 heavy (non-hydrogen) atoms. The number of rotatable bonds is 3. The SMILES string of the molecule is O=NCCC1=NC2CCCCC2N1. The maximum absolute atomic E-state index is 9.94. The maximum Gasteiger partial charge on any atom is 0.0990 e. The minimum atomic E-state index is 0.352. The quantitative estimate of drug-likeness (QED) is 0.670. The molecule has 1 aliphatic carbocycles. The molecule has 1 heterocycles. The van der Waals surface area contributed by atoms with Crippen molar-refractivity contribution in [2.24, 2.45) is 10.2 Å². The molecule has 0 bridgehead atoms. The molecule has 2 rings (SSSR count). The van der Waals surface area contributed by atoms with E-state index in [-0.39, 0.29) is 0 Å². The van der Waals surface area contributed by atoms with Crippen LogP contribution in [0.2, 0.25) is 0 Å². The molecule has 0 aromatic carbocycles. The van der Waals surface area contributed by atoms with E-state index < -0.39 is 0 Å². The first kappa shape index (κ1) is 8.66. The lowest BCUT2D eigenvalue weighted by atomic mass is 9.92. The third kappa shape index (κ3) is 1.87. The molecule has 0 spiro atoms. The van der Waals surface area contributed by atoms with E-state index in [2.05, 4.69) is 15.5 Å². The first-order valence-electron chi connectivity index (χ1n) is 5.02. The van der Waals surface area contributed by atoms with Crippen LogP contribution in [0.1, 0.15) is 32.1 Å². The summed E-state index contributed by atoms with van der Waals surface area (Å²) in [5.74, 6) is 0.997. The fourth-order valence-corrected chi connectivity index (χ4v) is 2.17. The van der Waals surface area contributed by atoms with E-state index in [4.69, 9.17) is 0 Å². The minimum Gasteiger partial charge on any atom is -0.369 e. The Morgan fingerprint density at radius 1 is 1.46 bits per heavy atom. The van der Waals surface area contributed by atoms with Crippen molar-refractivity contribution in [2.75, 3.05) is 6.54 Å². The third-order valence-electron chi connectivity index (χ3n) is 2.84. The number of nitrogens with one attached hydrogen (secondary N) is 1. The van der Waals surface area contributed by atoms with E-state index in [1.54, 1.807) is 0 Å². The zero-order chi connectivity index (χ0) is 9.10. The van der Waals surface area contributed by atoms with Crippen LogP contribution in [0.3, 0.4) is 0 Å². The fraction of sp³-hybridized carbons (Fsp3) is 0.889. The molecule has 2 unspecified atom stereocenters. The number of aliphatic imine (C=N–C) groups is 1. The summed E-state index contributed by atoms with van der Waals surface area (Å²) in [6.07, 6.45) is 5.73. The van der Waals surface area contributed by atoms with Gasteiger partial charge in [-0.15, -0.1) is 0 Å². The van der Waals surface area contributed by atoms with Crippen molar-refractivity contribution >= 4 is 5.84 Å². The summed E-state index contributed by atoms with van der Waals surface area (Å²) < 4.78 is 0. The van der Waals surface area contributed by atoms with E-state index in [1.165, 1.54) is 25.7 Å². The summed E-state index contributed by atoms with van der Waals surface area (Å²) in [5.41, 5.74) is 0. The van der Waals surface area contributed by atoms with Gasteiger partial charge in [-0.25, -0.2) is 0 Å². The molecular formula is C9H15N3O. The molecule has 72 valence electrons. The third-order valence-corrected chi connectivity index (χ3v) is 2.84. The van der Waals surface area contributed by atoms with E-state index >= 15 is 0 Å². The number of amidine groups is 1. The normalized spacial score (nSPS) is 31.8. The zero-order valence-corrected chi connectivity index (χ0v) is 7.70. The first-order chi connectivity index (χ1) is 6.40. The van der Waals surface area contributed by atoms with Crippen molar-refractivity contribution < 1.29 is 0 Å². The second-order valence-electron chi connectivity index (χ2n) is 3.78. The van der Waals surface area contributed by atoms with Gasteiger partial charge >= 0.3 is 0 Å². The highest BCUT2D eigenvalue weighted by Gasteiger charge is 2.30. The maximum atomic E-state index is 9.94. The van der Waals surface area contributed by atoms with Crippen LogP contribution in [0.15, 0.2) is 10.2 Å². The monoisotopic (exact) mass is 181 g/mol. The van der Waals surface area contributed by atoms with Gasteiger partial charge in [-0.05, 0) is 12.8 Å². The lowest BCUT2D eigenvalue weighted by Crippen LogP contribution is -2.36. The van der Waals surface area contributed by atoms with Crippen molar-refractivity contribution in [3.05, 3.63) is 4.91 Å². The van der Waals surface area contributed by atoms with Crippen molar-refractivity contribution in [3.63, 3.8) is 0 Å². The van der Waals surface area contributed by atoms with Crippen LogP contribution in [0.25, 0.3) is 0 Å². The summed E-state index contributed by atoms with van der Waals surface area (Å²) in [7, 11) is 0. The average Bonchev–Trinajstić information content (AvgIpc) is 2.57. The molecule has 2 atom stereocenters. The molecule has 1 saturated carbocycles. The summed E-state index contributed by atoms with van der Waals surface area (Å²) >= 11 is 0. The Hall–Kier alpha value is -0.930. The molecular weight excluding hydrogens is 166 g/mol. The van der Waals surface area contributed by atoms with Gasteiger partial charge in [0.15, 0.2) is 0 Å². The molecule has 0 aromatic heterocycles. The lowest BCUT2D eigenvalue weighted by Gasteiger charge is -2.23. The fourth-order valence-electron chi connectivity index (χ4n) is 2.17. The summed E-state index contributed by atoms with van der Waals surface area (Å²) in [6.45, 7) is 0.352. The molecule has 0 aromatic rings. The predicted octanol–water partition coefficient (Wildman–Crippen LogP) is 1.46. The van der Waals surface area contributed by atoms with E-state index in [0.717, 1.165) is 5.84 Å².